The zero-order valence-corrected chi connectivity index (χ0v) is 20.9. The average Bonchev–Trinajstić information content (AvgIpc) is 3.47. The van der Waals surface area contributed by atoms with Crippen LogP contribution in [-0.2, 0) is 14.8 Å². The summed E-state index contributed by atoms with van der Waals surface area (Å²) in [6.45, 7) is 0. The number of nitrogens with two attached hydrogens (primary N) is 1. The number of hydrogen-bond acceptors (Lipinski definition) is 6. The lowest BCUT2D eigenvalue weighted by molar-refractivity contribution is -0.113. The molecule has 5 rings (SSSR count). The van der Waals surface area contributed by atoms with Crippen LogP contribution in [-0.4, -0.2) is 39.8 Å². The van der Waals surface area contributed by atoms with E-state index >= 15 is 0 Å². The zero-order chi connectivity index (χ0) is 25.3. The van der Waals surface area contributed by atoms with Crippen molar-refractivity contribution in [2.75, 3.05) is 11.1 Å². The molecule has 0 saturated heterocycles. The van der Waals surface area contributed by atoms with E-state index < -0.39 is 10.0 Å². The Morgan fingerprint density at radius 3 is 2.47 bits per heavy atom. The number of nitrogens with zero attached hydrogens (tertiary/aromatic N) is 3. The van der Waals surface area contributed by atoms with Gasteiger partial charge >= 0.3 is 0 Å². The molecule has 0 aliphatic carbocycles. The monoisotopic (exact) mass is 538 g/mol. The molecule has 0 bridgehead atoms. The molecule has 0 atom stereocenters. The third-order valence-electron chi connectivity index (χ3n) is 5.35. The van der Waals surface area contributed by atoms with Crippen LogP contribution in [0.3, 0.4) is 0 Å². The second-order valence-corrected chi connectivity index (χ2v) is 10.7. The SMILES string of the molecule is NS(=O)(=O)c1ccc(NC(=O)CSc2nnc(-c3c[nH]c4ccccc34)n2-c2ccc(Cl)cc2)cc1. The minimum absolute atomic E-state index is 0.0317. The number of sulfonamides is 1. The van der Waals surface area contributed by atoms with Crippen molar-refractivity contribution in [2.45, 2.75) is 10.1 Å². The number of carbonyl (C=O) groups is 1. The van der Waals surface area contributed by atoms with Crippen molar-refractivity contribution < 1.29 is 13.2 Å². The summed E-state index contributed by atoms with van der Waals surface area (Å²) in [7, 11) is -3.80. The van der Waals surface area contributed by atoms with Crippen LogP contribution >= 0.6 is 23.4 Å². The van der Waals surface area contributed by atoms with E-state index in [4.69, 9.17) is 16.7 Å². The van der Waals surface area contributed by atoms with E-state index in [1.807, 2.05) is 47.2 Å². The lowest BCUT2D eigenvalue weighted by atomic mass is 10.1. The summed E-state index contributed by atoms with van der Waals surface area (Å²) < 4.78 is 24.7. The van der Waals surface area contributed by atoms with E-state index in [1.54, 1.807) is 12.1 Å². The summed E-state index contributed by atoms with van der Waals surface area (Å²) >= 11 is 7.32. The first-order valence-electron chi connectivity index (χ1n) is 10.6. The summed E-state index contributed by atoms with van der Waals surface area (Å²) in [6, 6.07) is 20.8. The highest BCUT2D eigenvalue weighted by molar-refractivity contribution is 7.99. The molecular weight excluding hydrogens is 520 g/mol. The fraction of sp³-hybridized carbons (Fsp3) is 0.0417. The van der Waals surface area contributed by atoms with E-state index in [2.05, 4.69) is 20.5 Å². The van der Waals surface area contributed by atoms with Gasteiger partial charge in [-0.25, -0.2) is 13.6 Å². The maximum Gasteiger partial charge on any atom is 0.238 e. The van der Waals surface area contributed by atoms with Crippen molar-refractivity contribution in [2.24, 2.45) is 5.14 Å². The largest absolute Gasteiger partial charge is 0.360 e. The molecule has 0 aliphatic heterocycles. The second kappa shape index (κ2) is 9.78. The number of aromatic amines is 1. The maximum absolute atomic E-state index is 12.6. The van der Waals surface area contributed by atoms with Crippen LogP contribution < -0.4 is 10.5 Å². The third kappa shape index (κ3) is 5.00. The Kier molecular flexibility index (Phi) is 6.54. The number of anilines is 1. The van der Waals surface area contributed by atoms with Gasteiger partial charge < -0.3 is 10.3 Å². The average molecular weight is 539 g/mol. The Bertz CT molecular complexity index is 1660. The number of nitrogens with one attached hydrogen (secondary N) is 2. The summed E-state index contributed by atoms with van der Waals surface area (Å²) in [5.74, 6) is 0.384. The quantitative estimate of drug-likeness (QED) is 0.262. The van der Waals surface area contributed by atoms with Crippen LogP contribution in [0.15, 0.2) is 89.0 Å². The van der Waals surface area contributed by atoms with E-state index in [9.17, 15) is 13.2 Å². The number of H-pyrrole nitrogens is 1. The van der Waals surface area contributed by atoms with Crippen LogP contribution in [0.4, 0.5) is 5.69 Å². The summed E-state index contributed by atoms with van der Waals surface area (Å²) in [4.78, 5) is 15.8. The standard InChI is InChI=1S/C24H19ClN6O3S2/c25-15-5-9-17(10-6-15)31-23(20-13-27-21-4-2-1-3-19(20)21)29-30-24(31)35-14-22(32)28-16-7-11-18(12-8-16)36(26,33)34/h1-13,27H,14H2,(H,28,32)(H2,26,33,34). The smallest absolute Gasteiger partial charge is 0.238 e. The Balaban J connectivity index is 1.41. The van der Waals surface area contributed by atoms with Crippen molar-refractivity contribution in [1.82, 2.24) is 19.7 Å². The molecule has 0 fully saturated rings. The molecule has 2 heterocycles. The summed E-state index contributed by atoms with van der Waals surface area (Å²) in [6.07, 6.45) is 1.88. The van der Waals surface area contributed by atoms with E-state index in [0.717, 1.165) is 22.2 Å². The van der Waals surface area contributed by atoms with Gasteiger partial charge in [-0.1, -0.05) is 41.6 Å². The van der Waals surface area contributed by atoms with Gasteiger partial charge in [0.05, 0.1) is 10.6 Å². The number of fused-ring (bicyclic) bond motifs is 1. The maximum atomic E-state index is 12.6. The number of rotatable bonds is 7. The topological polar surface area (TPSA) is 136 Å². The van der Waals surface area contributed by atoms with Crippen LogP contribution in [0.1, 0.15) is 0 Å². The van der Waals surface area contributed by atoms with Gasteiger partial charge in [-0.3, -0.25) is 9.36 Å². The number of benzene rings is 3. The molecule has 5 aromatic rings. The fourth-order valence-corrected chi connectivity index (χ4v) is 5.07. The molecule has 4 N–H and O–H groups in total. The number of thioether (sulfide) groups is 1. The van der Waals surface area contributed by atoms with Gasteiger partial charge in [-0.05, 0) is 54.6 Å². The number of amides is 1. The Morgan fingerprint density at radius 1 is 1.03 bits per heavy atom. The molecule has 0 saturated carbocycles. The third-order valence-corrected chi connectivity index (χ3v) is 7.46. The first-order chi connectivity index (χ1) is 17.3. The number of halogens is 1. The second-order valence-electron chi connectivity index (χ2n) is 7.77. The van der Waals surface area contributed by atoms with Crippen LogP contribution in [0, 0.1) is 0 Å². The van der Waals surface area contributed by atoms with E-state index in [0.29, 0.717) is 21.7 Å². The van der Waals surface area contributed by atoms with Crippen LogP contribution in [0.5, 0.6) is 0 Å². The first-order valence-corrected chi connectivity index (χ1v) is 13.5. The van der Waals surface area contributed by atoms with Crippen molar-refractivity contribution in [3.8, 4) is 17.1 Å². The van der Waals surface area contributed by atoms with Gasteiger partial charge in [0, 0.05) is 39.1 Å². The minimum Gasteiger partial charge on any atom is -0.360 e. The molecular formula is C24H19ClN6O3S2. The Labute approximate surface area is 215 Å². The number of carbonyl (C=O) groups excluding carboxylic acids is 1. The van der Waals surface area contributed by atoms with Crippen molar-refractivity contribution in [1.29, 1.82) is 0 Å². The normalized spacial score (nSPS) is 11.6. The van der Waals surface area contributed by atoms with Gasteiger partial charge in [0.2, 0.25) is 15.9 Å². The molecule has 0 aliphatic rings. The number of aromatic nitrogens is 4. The van der Waals surface area contributed by atoms with E-state index in [-0.39, 0.29) is 16.6 Å². The summed E-state index contributed by atoms with van der Waals surface area (Å²) in [5.41, 5.74) is 3.09. The van der Waals surface area contributed by atoms with Gasteiger partial charge in [0.25, 0.3) is 0 Å². The van der Waals surface area contributed by atoms with Gasteiger partial charge in [-0.15, -0.1) is 10.2 Å². The summed E-state index contributed by atoms with van der Waals surface area (Å²) in [5, 5.41) is 18.8. The fourth-order valence-electron chi connectivity index (χ4n) is 3.67. The van der Waals surface area contributed by atoms with Crippen LogP contribution in [0.25, 0.3) is 28.0 Å². The predicted molar refractivity (Wildman–Crippen MR) is 141 cm³/mol. The van der Waals surface area contributed by atoms with Gasteiger partial charge in [0.1, 0.15) is 0 Å². The Morgan fingerprint density at radius 2 is 1.75 bits per heavy atom. The molecule has 2 aromatic heterocycles. The molecule has 0 radical (unpaired) electrons. The molecule has 3 aromatic carbocycles. The molecule has 1 amide bonds. The first kappa shape index (κ1) is 24.1. The number of para-hydroxylation sites is 1. The van der Waals surface area contributed by atoms with Crippen molar-refractivity contribution >= 4 is 55.9 Å². The zero-order valence-electron chi connectivity index (χ0n) is 18.6. The molecule has 182 valence electrons. The highest BCUT2D eigenvalue weighted by Gasteiger charge is 2.20. The molecule has 0 spiro atoms. The number of hydrogen-bond donors (Lipinski definition) is 3. The number of primary sulfonamides is 1. The highest BCUT2D eigenvalue weighted by Crippen LogP contribution is 2.32. The lowest BCUT2D eigenvalue weighted by Gasteiger charge is -2.10. The highest BCUT2D eigenvalue weighted by atomic mass is 35.5. The molecule has 9 nitrogen and oxygen atoms in total. The van der Waals surface area contributed by atoms with Crippen molar-refractivity contribution in [3.63, 3.8) is 0 Å². The minimum atomic E-state index is -3.80. The Hall–Kier alpha value is -3.64. The predicted octanol–water partition coefficient (Wildman–Crippen LogP) is 4.45. The van der Waals surface area contributed by atoms with Gasteiger partial charge in [0.15, 0.2) is 11.0 Å². The molecule has 36 heavy (non-hydrogen) atoms. The van der Waals surface area contributed by atoms with Gasteiger partial charge in [-0.2, -0.15) is 0 Å². The van der Waals surface area contributed by atoms with E-state index in [1.165, 1.54) is 36.0 Å². The molecule has 12 heteroatoms. The van der Waals surface area contributed by atoms with Crippen molar-refractivity contribution in [3.05, 3.63) is 84.0 Å². The molecule has 0 unspecified atom stereocenters. The lowest BCUT2D eigenvalue weighted by Crippen LogP contribution is -2.15. The van der Waals surface area contributed by atoms with Crippen LogP contribution in [0.2, 0.25) is 5.02 Å².